The fourth-order valence-electron chi connectivity index (χ4n) is 3.04. The van der Waals surface area contributed by atoms with Gasteiger partial charge in [0, 0.05) is 0 Å². The van der Waals surface area contributed by atoms with E-state index in [9.17, 15) is 0 Å². The third kappa shape index (κ3) is 8.79. The van der Waals surface area contributed by atoms with Crippen LogP contribution in [0.15, 0.2) is 0 Å². The third-order valence-electron chi connectivity index (χ3n) is 3.85. The molecule has 0 aromatic heterocycles. The molecule has 0 atom stereocenters. The molecule has 0 saturated heterocycles. The van der Waals surface area contributed by atoms with Gasteiger partial charge in [-0.3, -0.25) is 0 Å². The molecule has 0 aliphatic heterocycles. The van der Waals surface area contributed by atoms with E-state index in [1.54, 1.807) is 0 Å². The maximum atomic E-state index is 6.35. The summed E-state index contributed by atoms with van der Waals surface area (Å²) in [5.41, 5.74) is 0. The topological polar surface area (TPSA) is 9.23 Å². The molecule has 0 spiro atoms. The summed E-state index contributed by atoms with van der Waals surface area (Å²) < 4.78 is 10.7. The van der Waals surface area contributed by atoms with Gasteiger partial charge in [-0.25, -0.2) is 0 Å². The third-order valence-corrected chi connectivity index (χ3v) is 18.1. The fourth-order valence-corrected chi connectivity index (χ4v) is 15.9. The van der Waals surface area contributed by atoms with Crippen molar-refractivity contribution in [3.63, 3.8) is 0 Å². The Balaban J connectivity index is 3.97. The van der Waals surface area contributed by atoms with Gasteiger partial charge in [0.05, 0.1) is 0 Å². The summed E-state index contributed by atoms with van der Waals surface area (Å²) >= 11 is -2.16. The van der Waals surface area contributed by atoms with Gasteiger partial charge in [0.2, 0.25) is 0 Å². The molecule has 110 valence electrons. The molecule has 0 radical (unpaired) electrons. The van der Waals surface area contributed by atoms with Gasteiger partial charge in [0.15, 0.2) is 0 Å². The molecular weight excluding hydrogens is 327 g/mol. The SMILES string of the molecule is CCCCCCC[CH2][Sn]([CH2]CC)([CH2]CC)[O]CC. The standard InChI is InChI=1S/C8H17.2C3H7.C2H5O.Sn/c1-3-5-7-8-6-4-2;2*1-3-2;1-2-3;/h1,3-8H2,2H3;2*1,3H2,2H3;2H2,1H3;/q;;;-1;+1. The van der Waals surface area contributed by atoms with Crippen molar-refractivity contribution in [2.45, 2.75) is 92.4 Å². The average Bonchev–Trinajstić information content (AvgIpc) is 2.35. The minimum absolute atomic E-state index is 0.964. The van der Waals surface area contributed by atoms with E-state index in [1.165, 1.54) is 64.7 Å². The van der Waals surface area contributed by atoms with Crippen LogP contribution in [-0.2, 0) is 3.07 Å². The molecule has 0 N–H and O–H groups in total. The quantitative estimate of drug-likeness (QED) is 0.282. The second-order valence-electron chi connectivity index (χ2n) is 5.63. The van der Waals surface area contributed by atoms with Gasteiger partial charge in [0.25, 0.3) is 0 Å². The van der Waals surface area contributed by atoms with Crippen LogP contribution in [0.3, 0.4) is 0 Å². The summed E-state index contributed by atoms with van der Waals surface area (Å²) in [4.78, 5) is 0. The molecule has 0 rings (SSSR count). The van der Waals surface area contributed by atoms with Crippen LogP contribution >= 0.6 is 0 Å². The van der Waals surface area contributed by atoms with Crippen LogP contribution in [0.5, 0.6) is 0 Å². The summed E-state index contributed by atoms with van der Waals surface area (Å²) in [7, 11) is 0. The molecule has 0 aliphatic carbocycles. The van der Waals surface area contributed by atoms with Gasteiger partial charge >= 0.3 is 121 Å². The molecule has 0 aromatic rings. The van der Waals surface area contributed by atoms with Crippen LogP contribution in [0.1, 0.15) is 79.1 Å². The minimum atomic E-state index is -2.16. The van der Waals surface area contributed by atoms with Crippen LogP contribution < -0.4 is 0 Å². The first kappa shape index (κ1) is 18.8. The van der Waals surface area contributed by atoms with Crippen LogP contribution in [0.2, 0.25) is 13.3 Å². The molecular formula is C16H36OSn. The molecule has 0 aromatic carbocycles. The number of hydrogen-bond acceptors (Lipinski definition) is 1. The van der Waals surface area contributed by atoms with Crippen molar-refractivity contribution in [3.05, 3.63) is 0 Å². The summed E-state index contributed by atoms with van der Waals surface area (Å²) in [5, 5.41) is 0. The first-order valence-electron chi connectivity index (χ1n) is 8.38. The van der Waals surface area contributed by atoms with Crippen molar-refractivity contribution in [1.82, 2.24) is 0 Å². The fraction of sp³-hybridized carbons (Fsp3) is 1.00. The Bertz CT molecular complexity index is 153. The Labute approximate surface area is 120 Å². The van der Waals surface area contributed by atoms with Crippen molar-refractivity contribution in [1.29, 1.82) is 0 Å². The molecule has 0 amide bonds. The molecule has 0 saturated carbocycles. The zero-order valence-corrected chi connectivity index (χ0v) is 16.2. The predicted octanol–water partition coefficient (Wildman–Crippen LogP) is 6.15. The first-order chi connectivity index (χ1) is 8.74. The number of hydrogen-bond donors (Lipinski definition) is 0. The maximum absolute atomic E-state index is 6.35. The molecule has 0 unspecified atom stereocenters. The van der Waals surface area contributed by atoms with E-state index in [4.69, 9.17) is 3.07 Å². The van der Waals surface area contributed by atoms with E-state index in [-0.39, 0.29) is 0 Å². The summed E-state index contributed by atoms with van der Waals surface area (Å²) in [6, 6.07) is 0. The monoisotopic (exact) mass is 364 g/mol. The Morgan fingerprint density at radius 3 is 1.67 bits per heavy atom. The second kappa shape index (κ2) is 12.8. The van der Waals surface area contributed by atoms with E-state index in [2.05, 4.69) is 27.7 Å². The summed E-state index contributed by atoms with van der Waals surface area (Å²) in [6.07, 6.45) is 11.2. The first-order valence-corrected chi connectivity index (χ1v) is 15.6. The average molecular weight is 363 g/mol. The summed E-state index contributed by atoms with van der Waals surface area (Å²) in [6.45, 7) is 10.1. The molecule has 0 bridgehead atoms. The van der Waals surface area contributed by atoms with Crippen molar-refractivity contribution in [3.8, 4) is 0 Å². The van der Waals surface area contributed by atoms with Gasteiger partial charge in [-0.05, 0) is 0 Å². The van der Waals surface area contributed by atoms with Crippen LogP contribution in [0, 0.1) is 0 Å². The van der Waals surface area contributed by atoms with E-state index < -0.39 is 18.8 Å². The van der Waals surface area contributed by atoms with E-state index in [0.29, 0.717) is 0 Å². The van der Waals surface area contributed by atoms with Crippen molar-refractivity contribution in [2.75, 3.05) is 6.61 Å². The normalized spacial score (nSPS) is 12.0. The van der Waals surface area contributed by atoms with Gasteiger partial charge in [-0.15, -0.1) is 0 Å². The molecule has 0 heterocycles. The van der Waals surface area contributed by atoms with Crippen molar-refractivity contribution < 1.29 is 3.07 Å². The van der Waals surface area contributed by atoms with Gasteiger partial charge < -0.3 is 0 Å². The Hall–Kier alpha value is 0.759. The van der Waals surface area contributed by atoms with E-state index in [1.807, 2.05) is 0 Å². The Morgan fingerprint density at radius 1 is 0.611 bits per heavy atom. The zero-order valence-electron chi connectivity index (χ0n) is 13.4. The molecule has 0 fully saturated rings. The molecule has 0 aliphatic rings. The molecule has 2 heteroatoms. The predicted molar refractivity (Wildman–Crippen MR) is 85.8 cm³/mol. The molecule has 1 nitrogen and oxygen atoms in total. The van der Waals surface area contributed by atoms with Crippen LogP contribution in [-0.4, -0.2) is 25.4 Å². The van der Waals surface area contributed by atoms with Gasteiger partial charge in [0.1, 0.15) is 0 Å². The van der Waals surface area contributed by atoms with Crippen molar-refractivity contribution >= 4 is 18.8 Å². The van der Waals surface area contributed by atoms with E-state index in [0.717, 1.165) is 6.61 Å². The zero-order chi connectivity index (χ0) is 13.7. The summed E-state index contributed by atoms with van der Waals surface area (Å²) in [5.74, 6) is 0. The van der Waals surface area contributed by atoms with Gasteiger partial charge in [-0.1, -0.05) is 0 Å². The second-order valence-corrected chi connectivity index (χ2v) is 17.5. The molecule has 18 heavy (non-hydrogen) atoms. The number of rotatable bonds is 13. The van der Waals surface area contributed by atoms with Crippen LogP contribution in [0.25, 0.3) is 0 Å². The van der Waals surface area contributed by atoms with E-state index >= 15 is 0 Å². The van der Waals surface area contributed by atoms with Gasteiger partial charge in [-0.2, -0.15) is 0 Å². The number of unbranched alkanes of at least 4 members (excludes halogenated alkanes) is 5. The van der Waals surface area contributed by atoms with Crippen LogP contribution in [0.4, 0.5) is 0 Å². The van der Waals surface area contributed by atoms with Crippen molar-refractivity contribution in [2.24, 2.45) is 0 Å². The Kier molecular flexibility index (Phi) is 13.3. The Morgan fingerprint density at radius 2 is 1.17 bits per heavy atom.